The summed E-state index contributed by atoms with van der Waals surface area (Å²) in [6, 6.07) is 0. The van der Waals surface area contributed by atoms with Gasteiger partial charge in [-0.25, -0.2) is 0 Å². The van der Waals surface area contributed by atoms with Gasteiger partial charge in [-0.2, -0.15) is 0 Å². The van der Waals surface area contributed by atoms with Crippen LogP contribution in [0, 0.1) is 17.8 Å². The van der Waals surface area contributed by atoms with E-state index in [1.54, 1.807) is 0 Å². The van der Waals surface area contributed by atoms with Crippen molar-refractivity contribution in [2.45, 2.75) is 26.2 Å². The van der Waals surface area contributed by atoms with Crippen molar-refractivity contribution in [1.29, 1.82) is 0 Å². The summed E-state index contributed by atoms with van der Waals surface area (Å²) in [5.41, 5.74) is 1.27. The van der Waals surface area contributed by atoms with Crippen molar-refractivity contribution in [2.75, 3.05) is 0 Å². The van der Waals surface area contributed by atoms with E-state index >= 15 is 0 Å². The molecule has 2 bridgehead atoms. The second-order valence-electron chi connectivity index (χ2n) is 3.87. The van der Waals surface area contributed by atoms with Crippen LogP contribution in [0.5, 0.6) is 0 Å². The Morgan fingerprint density at radius 1 is 1.36 bits per heavy atom. The Labute approximate surface area is 66.6 Å². The van der Waals surface area contributed by atoms with Gasteiger partial charge in [-0.1, -0.05) is 6.92 Å². The molecule has 3 aliphatic carbocycles. The molecule has 0 aromatic rings. The molecule has 11 heavy (non-hydrogen) atoms. The first-order chi connectivity index (χ1) is 5.31. The molecule has 0 aromatic carbocycles. The molecule has 0 spiro atoms. The summed E-state index contributed by atoms with van der Waals surface area (Å²) in [5, 5.41) is 11.3. The number of hydrogen-bond acceptors (Lipinski definition) is 2. The predicted molar refractivity (Wildman–Crippen MR) is 42.7 cm³/mol. The van der Waals surface area contributed by atoms with E-state index in [1.165, 1.54) is 24.8 Å². The minimum Gasteiger partial charge on any atom is -0.404 e. The Kier molecular flexibility index (Phi) is 1.50. The molecule has 2 atom stereocenters. The van der Waals surface area contributed by atoms with Crippen molar-refractivity contribution >= 4 is 5.87 Å². The van der Waals surface area contributed by atoms with Gasteiger partial charge in [0.25, 0.3) is 0 Å². The van der Waals surface area contributed by atoms with Crippen LogP contribution in [-0.2, 0) is 0 Å². The van der Waals surface area contributed by atoms with Crippen LogP contribution in [0.2, 0.25) is 0 Å². The molecule has 3 rings (SSSR count). The lowest BCUT2D eigenvalue weighted by Crippen LogP contribution is -2.36. The third-order valence-electron chi connectivity index (χ3n) is 3.00. The van der Waals surface area contributed by atoms with Gasteiger partial charge < -0.3 is 5.21 Å². The van der Waals surface area contributed by atoms with Crippen LogP contribution < -0.4 is 0 Å². The van der Waals surface area contributed by atoms with E-state index in [1.807, 2.05) is 0 Å². The van der Waals surface area contributed by atoms with E-state index in [2.05, 4.69) is 17.9 Å². The van der Waals surface area contributed by atoms with Gasteiger partial charge >= 0.3 is 0 Å². The molecule has 0 saturated heterocycles. The molecule has 3 saturated carbocycles. The molecule has 0 amide bonds. The summed E-state index contributed by atoms with van der Waals surface area (Å²) in [4.78, 5) is 0. The number of hydrogen-bond donors (Lipinski definition) is 1. The molecule has 0 radical (unpaired) electrons. The molecule has 0 aliphatic heterocycles. The van der Waals surface area contributed by atoms with Crippen molar-refractivity contribution in [1.82, 2.24) is 0 Å². The lowest BCUT2D eigenvalue weighted by atomic mass is 9.59. The lowest BCUT2D eigenvalue weighted by Gasteiger charge is -2.45. The smallest absolute Gasteiger partial charge is 0.0280 e. The molecule has 2 unspecified atom stereocenters. The maximum Gasteiger partial charge on any atom is 0.0280 e. The Morgan fingerprint density at radius 2 is 2.00 bits per heavy atom. The fraction of sp³-hybridized carbons (Fsp3) is 0.778. The second-order valence-corrected chi connectivity index (χ2v) is 3.87. The first kappa shape index (κ1) is 6.93. The molecule has 60 valence electrons. The maximum absolute atomic E-state index is 8.32. The van der Waals surface area contributed by atoms with Gasteiger partial charge in [0.1, 0.15) is 0 Å². The zero-order valence-corrected chi connectivity index (χ0v) is 6.75. The fourth-order valence-electron chi connectivity index (χ4n) is 2.52. The van der Waals surface area contributed by atoms with E-state index in [-0.39, 0.29) is 0 Å². The second kappa shape index (κ2) is 2.38. The molecule has 1 N–H and O–H groups in total. The fourth-order valence-corrected chi connectivity index (χ4v) is 2.52. The van der Waals surface area contributed by atoms with E-state index in [9.17, 15) is 0 Å². The van der Waals surface area contributed by atoms with Gasteiger partial charge in [-0.15, -0.1) is 0 Å². The van der Waals surface area contributed by atoms with Crippen LogP contribution in [-0.4, -0.2) is 11.1 Å². The summed E-state index contributed by atoms with van der Waals surface area (Å²) in [6.07, 6.45) is 3.85. The monoisotopic (exact) mass is 151 g/mol. The molecule has 3 aliphatic rings. The summed E-state index contributed by atoms with van der Waals surface area (Å²) in [7, 11) is 0. The van der Waals surface area contributed by atoms with E-state index in [4.69, 9.17) is 5.21 Å². The highest BCUT2D eigenvalue weighted by Crippen LogP contribution is 2.50. The van der Waals surface area contributed by atoms with Crippen molar-refractivity contribution in [3.63, 3.8) is 0 Å². The number of nitrogens with zero attached hydrogens (tertiary/aromatic N) is 1. The van der Waals surface area contributed by atoms with Gasteiger partial charge in [-0.3, -0.25) is 0 Å². The van der Waals surface area contributed by atoms with Crippen LogP contribution in [0.1, 0.15) is 26.2 Å². The van der Waals surface area contributed by atoms with E-state index in [0.29, 0.717) is 11.8 Å². The quantitative estimate of drug-likeness (QED) is 0.321. The third kappa shape index (κ3) is 0.982. The first-order valence-corrected chi connectivity index (χ1v) is 4.28. The van der Waals surface area contributed by atoms with Crippen LogP contribution in [0.3, 0.4) is 0 Å². The number of fused-ring (bicyclic) bond motifs is 2. The highest BCUT2D eigenvalue weighted by molar-refractivity contribution is 5.61. The summed E-state index contributed by atoms with van der Waals surface area (Å²) in [5.74, 6) is 4.95. The van der Waals surface area contributed by atoms with Crippen LogP contribution >= 0.6 is 0 Å². The minimum atomic E-state index is 0.694. The SMILES string of the molecule is CC1CC2CC(C1)C2=C=NO. The lowest BCUT2D eigenvalue weighted by molar-refractivity contribution is 0.164. The summed E-state index contributed by atoms with van der Waals surface area (Å²) in [6.45, 7) is 2.30. The van der Waals surface area contributed by atoms with E-state index in [0.717, 1.165) is 5.92 Å². The predicted octanol–water partition coefficient (Wildman–Crippen LogP) is 2.04. The highest BCUT2D eigenvalue weighted by atomic mass is 16.4. The standard InChI is InChI=1S/C9H13NO/c1-6-2-7-4-8(3-6)9(7)5-10-11/h6-8,11H,2-4H2,1H3. The maximum atomic E-state index is 8.32. The number of allylic oxidation sites excluding steroid dienone is 1. The molecule has 0 aromatic heterocycles. The van der Waals surface area contributed by atoms with E-state index < -0.39 is 0 Å². The van der Waals surface area contributed by atoms with Gasteiger partial charge in [0.15, 0.2) is 0 Å². The highest BCUT2D eigenvalue weighted by Gasteiger charge is 2.41. The van der Waals surface area contributed by atoms with Gasteiger partial charge in [-0.05, 0) is 42.2 Å². The normalized spacial score (nSPS) is 40.8. The van der Waals surface area contributed by atoms with Crippen LogP contribution in [0.15, 0.2) is 10.7 Å². The molecule has 0 heterocycles. The average molecular weight is 151 g/mol. The summed E-state index contributed by atoms with van der Waals surface area (Å²) >= 11 is 0. The topological polar surface area (TPSA) is 32.6 Å². The molecular weight excluding hydrogens is 138 g/mol. The van der Waals surface area contributed by atoms with Gasteiger partial charge in [0.05, 0.1) is 0 Å². The van der Waals surface area contributed by atoms with Crippen LogP contribution in [0.25, 0.3) is 0 Å². The van der Waals surface area contributed by atoms with Crippen molar-refractivity contribution < 1.29 is 5.21 Å². The molecular formula is C9H13NO. The van der Waals surface area contributed by atoms with Gasteiger partial charge in [0, 0.05) is 11.4 Å². The summed E-state index contributed by atoms with van der Waals surface area (Å²) < 4.78 is 0. The zero-order chi connectivity index (χ0) is 7.84. The first-order valence-electron chi connectivity index (χ1n) is 4.28. The van der Waals surface area contributed by atoms with Crippen molar-refractivity contribution in [3.8, 4) is 0 Å². The Hall–Kier alpha value is -0.750. The number of rotatable bonds is 0. The van der Waals surface area contributed by atoms with Gasteiger partial charge in [0.2, 0.25) is 0 Å². The minimum absolute atomic E-state index is 0.694. The Morgan fingerprint density at radius 3 is 2.55 bits per heavy atom. The Balaban J connectivity index is 2.16. The average Bonchev–Trinajstić information content (AvgIpc) is 2.00. The largest absolute Gasteiger partial charge is 0.404 e. The molecule has 2 nitrogen and oxygen atoms in total. The molecule has 2 heteroatoms. The molecule has 3 fully saturated rings. The zero-order valence-electron chi connectivity index (χ0n) is 6.75. The van der Waals surface area contributed by atoms with Crippen molar-refractivity contribution in [2.24, 2.45) is 22.9 Å². The third-order valence-corrected chi connectivity index (χ3v) is 3.00. The Bertz CT molecular complexity index is 214. The van der Waals surface area contributed by atoms with Crippen LogP contribution in [0.4, 0.5) is 0 Å². The van der Waals surface area contributed by atoms with Crippen molar-refractivity contribution in [3.05, 3.63) is 5.57 Å².